The largest absolute Gasteiger partial charge is 0.382 e. The summed E-state index contributed by atoms with van der Waals surface area (Å²) in [6.07, 6.45) is 1.73. The normalized spacial score (nSPS) is 10.7. The van der Waals surface area contributed by atoms with E-state index in [1.54, 1.807) is 24.1 Å². The molecule has 0 aliphatic rings. The van der Waals surface area contributed by atoms with E-state index < -0.39 is 5.56 Å². The van der Waals surface area contributed by atoms with Crippen molar-refractivity contribution < 1.29 is 4.79 Å². The van der Waals surface area contributed by atoms with E-state index in [0.29, 0.717) is 29.5 Å². The van der Waals surface area contributed by atoms with Crippen molar-refractivity contribution in [3.05, 3.63) is 86.3 Å². The molecular formula is C22H22Cl2N4O2. The van der Waals surface area contributed by atoms with Gasteiger partial charge in [0, 0.05) is 31.6 Å². The lowest BCUT2D eigenvalue weighted by Crippen LogP contribution is -2.28. The summed E-state index contributed by atoms with van der Waals surface area (Å²) < 4.78 is 1.19. The van der Waals surface area contributed by atoms with Crippen LogP contribution < -0.4 is 10.9 Å². The molecule has 30 heavy (non-hydrogen) atoms. The van der Waals surface area contributed by atoms with E-state index in [2.05, 4.69) is 10.4 Å². The van der Waals surface area contributed by atoms with Gasteiger partial charge in [-0.3, -0.25) is 9.59 Å². The molecule has 0 radical (unpaired) electrons. The number of hydrogen-bond acceptors (Lipinski definition) is 4. The number of carbonyl (C=O) groups excluding carboxylic acids is 1. The molecule has 8 heteroatoms. The second-order valence-corrected chi connectivity index (χ2v) is 7.72. The molecule has 0 aliphatic heterocycles. The molecule has 1 N–H and O–H groups in total. The average molecular weight is 445 g/mol. The second-order valence-electron chi connectivity index (χ2n) is 6.93. The van der Waals surface area contributed by atoms with E-state index in [1.165, 1.54) is 10.9 Å². The minimum Gasteiger partial charge on any atom is -0.382 e. The highest BCUT2D eigenvalue weighted by Crippen LogP contribution is 2.20. The Morgan fingerprint density at radius 1 is 1.17 bits per heavy atom. The van der Waals surface area contributed by atoms with Crippen LogP contribution in [-0.2, 0) is 11.3 Å². The van der Waals surface area contributed by atoms with Crippen LogP contribution in [0.4, 0.5) is 5.69 Å². The monoisotopic (exact) mass is 444 g/mol. The van der Waals surface area contributed by atoms with Crippen molar-refractivity contribution >= 4 is 34.8 Å². The zero-order chi connectivity index (χ0) is 21.7. The van der Waals surface area contributed by atoms with E-state index in [9.17, 15) is 9.59 Å². The molecule has 1 amide bonds. The Hall–Kier alpha value is -2.83. The Morgan fingerprint density at radius 2 is 1.90 bits per heavy atom. The fourth-order valence-corrected chi connectivity index (χ4v) is 3.26. The number of rotatable bonds is 7. The average Bonchev–Trinajstić information content (AvgIpc) is 2.74. The number of nitrogens with zero attached hydrogens (tertiary/aromatic N) is 3. The van der Waals surface area contributed by atoms with Gasteiger partial charge in [0.15, 0.2) is 0 Å². The van der Waals surface area contributed by atoms with Crippen molar-refractivity contribution in [2.45, 2.75) is 19.9 Å². The summed E-state index contributed by atoms with van der Waals surface area (Å²) in [6, 6.07) is 15.0. The smallest absolute Gasteiger partial charge is 0.292 e. The van der Waals surface area contributed by atoms with E-state index in [1.807, 2.05) is 43.3 Å². The number of hydrogen-bond donors (Lipinski definition) is 1. The minimum absolute atomic E-state index is 0.00628. The number of benzene rings is 2. The van der Waals surface area contributed by atoms with Gasteiger partial charge in [0.25, 0.3) is 5.56 Å². The first-order valence-electron chi connectivity index (χ1n) is 9.43. The maximum atomic E-state index is 12.6. The van der Waals surface area contributed by atoms with Gasteiger partial charge >= 0.3 is 0 Å². The summed E-state index contributed by atoms with van der Waals surface area (Å²) in [5.74, 6) is -0.0157. The van der Waals surface area contributed by atoms with Gasteiger partial charge in [0.2, 0.25) is 5.91 Å². The fourth-order valence-electron chi connectivity index (χ4n) is 2.89. The first kappa shape index (κ1) is 21.9. The highest BCUT2D eigenvalue weighted by atomic mass is 35.5. The fraction of sp³-hybridized carbons (Fsp3) is 0.227. The topological polar surface area (TPSA) is 67.2 Å². The lowest BCUT2D eigenvalue weighted by Gasteiger charge is -2.18. The predicted octanol–water partition coefficient (Wildman–Crippen LogP) is 4.31. The molecule has 3 aromatic rings. The van der Waals surface area contributed by atoms with Crippen LogP contribution in [0, 0.1) is 6.92 Å². The van der Waals surface area contributed by atoms with E-state index in [4.69, 9.17) is 23.2 Å². The van der Waals surface area contributed by atoms with Crippen LogP contribution in [0.2, 0.25) is 10.0 Å². The van der Waals surface area contributed by atoms with Gasteiger partial charge in [-0.05, 0) is 30.2 Å². The number of anilines is 1. The number of aromatic nitrogens is 2. The standard InChI is InChI=1S/C22H22Cl2N4O2/c1-15-8-9-17(12-18(15)23)28-22(30)21(24)19(13-26-28)25-11-10-20(29)27(2)14-16-6-4-3-5-7-16/h3-9,12-13,25H,10-11,14H2,1-2H3. The Kier molecular flexibility index (Phi) is 7.13. The highest BCUT2D eigenvalue weighted by molar-refractivity contribution is 6.33. The second kappa shape index (κ2) is 9.78. The predicted molar refractivity (Wildman–Crippen MR) is 121 cm³/mol. The molecule has 0 unspecified atom stereocenters. The lowest BCUT2D eigenvalue weighted by molar-refractivity contribution is -0.130. The van der Waals surface area contributed by atoms with Crippen molar-refractivity contribution in [2.24, 2.45) is 0 Å². The van der Waals surface area contributed by atoms with Gasteiger partial charge in [-0.1, -0.05) is 59.6 Å². The first-order valence-corrected chi connectivity index (χ1v) is 10.2. The Morgan fingerprint density at radius 3 is 2.60 bits per heavy atom. The number of halogens is 2. The molecule has 3 rings (SSSR count). The van der Waals surface area contributed by atoms with Crippen LogP contribution in [0.3, 0.4) is 0 Å². The number of amides is 1. The summed E-state index contributed by atoms with van der Waals surface area (Å²) in [7, 11) is 1.76. The summed E-state index contributed by atoms with van der Waals surface area (Å²) in [6.45, 7) is 2.75. The Labute approximate surface area is 185 Å². The van der Waals surface area contributed by atoms with E-state index in [0.717, 1.165) is 11.1 Å². The quantitative estimate of drug-likeness (QED) is 0.589. The maximum Gasteiger partial charge on any atom is 0.292 e. The third kappa shape index (κ3) is 5.20. The van der Waals surface area contributed by atoms with Gasteiger partial charge in [-0.15, -0.1) is 0 Å². The molecule has 1 aromatic heterocycles. The summed E-state index contributed by atoms with van der Waals surface area (Å²) in [5, 5.41) is 7.74. The molecule has 0 aliphatic carbocycles. The molecule has 2 aromatic carbocycles. The van der Waals surface area contributed by atoms with Gasteiger partial charge in [0.05, 0.1) is 17.6 Å². The minimum atomic E-state index is -0.464. The number of carbonyl (C=O) groups is 1. The van der Waals surface area contributed by atoms with Crippen molar-refractivity contribution in [2.75, 3.05) is 18.9 Å². The maximum absolute atomic E-state index is 12.6. The molecule has 0 fully saturated rings. The molecule has 156 valence electrons. The molecule has 1 heterocycles. The lowest BCUT2D eigenvalue weighted by atomic mass is 10.2. The SMILES string of the molecule is Cc1ccc(-n2ncc(NCCC(=O)N(C)Cc3ccccc3)c(Cl)c2=O)cc1Cl. The van der Waals surface area contributed by atoms with Gasteiger partial charge in [0.1, 0.15) is 5.02 Å². The zero-order valence-electron chi connectivity index (χ0n) is 16.7. The third-order valence-electron chi connectivity index (χ3n) is 4.66. The molecule has 0 atom stereocenters. The molecule has 0 saturated carbocycles. The highest BCUT2D eigenvalue weighted by Gasteiger charge is 2.13. The first-order chi connectivity index (χ1) is 14.4. The van der Waals surface area contributed by atoms with Crippen LogP contribution in [-0.4, -0.2) is 34.2 Å². The molecule has 0 bridgehead atoms. The molecular weight excluding hydrogens is 423 g/mol. The summed E-state index contributed by atoms with van der Waals surface area (Å²) in [5.41, 5.74) is 2.42. The molecule has 0 saturated heterocycles. The summed E-state index contributed by atoms with van der Waals surface area (Å²) >= 11 is 12.4. The van der Waals surface area contributed by atoms with E-state index in [-0.39, 0.29) is 17.4 Å². The van der Waals surface area contributed by atoms with Crippen molar-refractivity contribution in [1.82, 2.24) is 14.7 Å². The van der Waals surface area contributed by atoms with Gasteiger partial charge < -0.3 is 10.2 Å². The van der Waals surface area contributed by atoms with Gasteiger partial charge in [-0.25, -0.2) is 0 Å². The van der Waals surface area contributed by atoms with Crippen molar-refractivity contribution in [1.29, 1.82) is 0 Å². The summed E-state index contributed by atoms with van der Waals surface area (Å²) in [4.78, 5) is 26.6. The van der Waals surface area contributed by atoms with Crippen LogP contribution in [0.5, 0.6) is 0 Å². The molecule has 0 spiro atoms. The van der Waals surface area contributed by atoms with Gasteiger partial charge in [-0.2, -0.15) is 9.78 Å². The van der Waals surface area contributed by atoms with Crippen LogP contribution >= 0.6 is 23.2 Å². The number of aryl methyl sites for hydroxylation is 1. The van der Waals surface area contributed by atoms with Crippen LogP contribution in [0.25, 0.3) is 5.69 Å². The Balaban J connectivity index is 1.62. The Bertz CT molecular complexity index is 1100. The van der Waals surface area contributed by atoms with Crippen LogP contribution in [0.15, 0.2) is 59.5 Å². The zero-order valence-corrected chi connectivity index (χ0v) is 18.2. The number of nitrogens with one attached hydrogen (secondary N) is 1. The van der Waals surface area contributed by atoms with E-state index >= 15 is 0 Å². The third-order valence-corrected chi connectivity index (χ3v) is 5.43. The van der Waals surface area contributed by atoms with Crippen LogP contribution in [0.1, 0.15) is 17.5 Å². The van der Waals surface area contributed by atoms with Crippen molar-refractivity contribution in [3.63, 3.8) is 0 Å². The molecule has 6 nitrogen and oxygen atoms in total. The van der Waals surface area contributed by atoms with Crippen molar-refractivity contribution in [3.8, 4) is 5.69 Å².